The summed E-state index contributed by atoms with van der Waals surface area (Å²) in [5.41, 5.74) is 12.8. The molecule has 2 amide bonds. The summed E-state index contributed by atoms with van der Waals surface area (Å²) in [7, 11) is 0. The molecule has 2 aromatic carbocycles. The van der Waals surface area contributed by atoms with E-state index < -0.39 is 24.5 Å². The monoisotopic (exact) mass is 500 g/mol. The van der Waals surface area contributed by atoms with Crippen LogP contribution in [0.2, 0.25) is 0 Å². The molecule has 1 fully saturated rings. The predicted octanol–water partition coefficient (Wildman–Crippen LogP) is 4.03. The van der Waals surface area contributed by atoms with E-state index in [1.165, 1.54) is 18.2 Å². The fourth-order valence-electron chi connectivity index (χ4n) is 3.46. The van der Waals surface area contributed by atoms with Crippen molar-refractivity contribution in [1.29, 1.82) is 0 Å². The van der Waals surface area contributed by atoms with Gasteiger partial charge in [0.2, 0.25) is 11.8 Å². The third-order valence-corrected chi connectivity index (χ3v) is 5.45. The Bertz CT molecular complexity index is 1240. The first-order chi connectivity index (χ1) is 17.2. The van der Waals surface area contributed by atoms with Crippen LogP contribution in [0, 0.1) is 5.92 Å². The SMILES string of the molecule is CC(N)c1oc(-c2ccc(OC(F)F)c(OCC3CC3)c2)nc1C(=O)Nc1ccc(CC(N)=O)cc1. The van der Waals surface area contributed by atoms with Crippen LogP contribution >= 0.6 is 0 Å². The van der Waals surface area contributed by atoms with E-state index in [0.29, 0.717) is 29.3 Å². The fourth-order valence-corrected chi connectivity index (χ4v) is 3.46. The fraction of sp³-hybridized carbons (Fsp3) is 0.320. The van der Waals surface area contributed by atoms with E-state index in [-0.39, 0.29) is 35.3 Å². The van der Waals surface area contributed by atoms with Crippen molar-refractivity contribution in [3.05, 3.63) is 59.5 Å². The number of oxazole rings is 1. The number of benzene rings is 2. The average Bonchev–Trinajstić information content (AvgIpc) is 3.53. The highest BCUT2D eigenvalue weighted by molar-refractivity contribution is 6.04. The van der Waals surface area contributed by atoms with E-state index in [2.05, 4.69) is 15.0 Å². The van der Waals surface area contributed by atoms with Crippen molar-refractivity contribution < 1.29 is 32.3 Å². The van der Waals surface area contributed by atoms with Gasteiger partial charge in [-0.15, -0.1) is 0 Å². The van der Waals surface area contributed by atoms with Crippen molar-refractivity contribution in [3.8, 4) is 23.0 Å². The lowest BCUT2D eigenvalue weighted by Crippen LogP contribution is -2.17. The van der Waals surface area contributed by atoms with Gasteiger partial charge in [0.25, 0.3) is 5.91 Å². The number of nitrogens with one attached hydrogen (secondary N) is 1. The Kier molecular flexibility index (Phi) is 7.49. The highest BCUT2D eigenvalue weighted by Gasteiger charge is 2.26. The molecule has 4 rings (SSSR count). The van der Waals surface area contributed by atoms with Gasteiger partial charge in [-0.2, -0.15) is 8.78 Å². The Balaban J connectivity index is 1.58. The molecule has 36 heavy (non-hydrogen) atoms. The number of carbonyl (C=O) groups excluding carboxylic acids is 2. The molecule has 1 heterocycles. The second-order valence-corrected chi connectivity index (χ2v) is 8.61. The minimum absolute atomic E-state index is 0.0189. The van der Waals surface area contributed by atoms with Crippen LogP contribution in [0.4, 0.5) is 14.5 Å². The summed E-state index contributed by atoms with van der Waals surface area (Å²) in [5.74, 6) is -0.375. The Morgan fingerprint density at radius 1 is 1.17 bits per heavy atom. The molecule has 1 atom stereocenters. The number of aromatic nitrogens is 1. The van der Waals surface area contributed by atoms with Gasteiger partial charge in [0.15, 0.2) is 23.0 Å². The molecule has 1 aliphatic rings. The number of rotatable bonds is 11. The topological polar surface area (TPSA) is 143 Å². The number of primary amides is 1. The quantitative estimate of drug-likeness (QED) is 0.361. The number of hydrogen-bond donors (Lipinski definition) is 3. The number of ether oxygens (including phenoxy) is 2. The second kappa shape index (κ2) is 10.7. The Morgan fingerprint density at radius 3 is 2.50 bits per heavy atom. The van der Waals surface area contributed by atoms with E-state index in [1.807, 2.05) is 0 Å². The largest absolute Gasteiger partial charge is 0.489 e. The molecule has 1 unspecified atom stereocenters. The first-order valence-corrected chi connectivity index (χ1v) is 11.4. The molecule has 1 aliphatic carbocycles. The molecule has 11 heteroatoms. The third kappa shape index (κ3) is 6.36. The number of alkyl halides is 2. The first-order valence-electron chi connectivity index (χ1n) is 11.4. The molecule has 190 valence electrons. The third-order valence-electron chi connectivity index (χ3n) is 5.45. The van der Waals surface area contributed by atoms with Gasteiger partial charge in [-0.25, -0.2) is 4.98 Å². The maximum atomic E-state index is 13.0. The minimum Gasteiger partial charge on any atom is -0.489 e. The van der Waals surface area contributed by atoms with Gasteiger partial charge in [-0.3, -0.25) is 9.59 Å². The van der Waals surface area contributed by atoms with E-state index >= 15 is 0 Å². The zero-order valence-corrected chi connectivity index (χ0v) is 19.5. The summed E-state index contributed by atoms with van der Waals surface area (Å²) in [4.78, 5) is 28.4. The lowest BCUT2D eigenvalue weighted by molar-refractivity contribution is -0.117. The molecule has 1 aromatic heterocycles. The zero-order chi connectivity index (χ0) is 25.8. The van der Waals surface area contributed by atoms with Crippen molar-refractivity contribution in [1.82, 2.24) is 4.98 Å². The molecule has 5 N–H and O–H groups in total. The maximum Gasteiger partial charge on any atom is 0.387 e. The molecule has 0 bridgehead atoms. The van der Waals surface area contributed by atoms with Crippen molar-refractivity contribution in [3.63, 3.8) is 0 Å². The van der Waals surface area contributed by atoms with Crippen molar-refractivity contribution >= 4 is 17.5 Å². The van der Waals surface area contributed by atoms with Crippen LogP contribution in [0.3, 0.4) is 0 Å². The maximum absolute atomic E-state index is 13.0. The molecule has 9 nitrogen and oxygen atoms in total. The summed E-state index contributed by atoms with van der Waals surface area (Å²) < 4.78 is 41.8. The van der Waals surface area contributed by atoms with E-state index in [1.54, 1.807) is 31.2 Å². The minimum atomic E-state index is -3.01. The standard InChI is InChI=1S/C25H26F2N4O5/c1-13(28)22-21(23(33)30-17-7-4-14(5-8-17)10-20(29)32)31-24(36-22)16-6-9-18(35-25(26)27)19(11-16)34-12-15-2-3-15/h4-9,11,13,15,25H,2-3,10,12,28H2,1H3,(H2,29,32)(H,30,33). The van der Waals surface area contributed by atoms with Crippen LogP contribution in [-0.2, 0) is 11.2 Å². The average molecular weight is 501 g/mol. The van der Waals surface area contributed by atoms with Crippen LogP contribution in [0.5, 0.6) is 11.5 Å². The Labute approximate surface area is 205 Å². The molecule has 3 aromatic rings. The van der Waals surface area contributed by atoms with Crippen LogP contribution in [-0.4, -0.2) is 30.0 Å². The van der Waals surface area contributed by atoms with Gasteiger partial charge in [-0.05, 0) is 61.6 Å². The van der Waals surface area contributed by atoms with Gasteiger partial charge in [0, 0.05) is 11.3 Å². The van der Waals surface area contributed by atoms with Gasteiger partial charge in [0.05, 0.1) is 19.1 Å². The summed E-state index contributed by atoms with van der Waals surface area (Å²) in [5, 5.41) is 2.72. The van der Waals surface area contributed by atoms with Gasteiger partial charge in [-0.1, -0.05) is 12.1 Å². The number of anilines is 1. The van der Waals surface area contributed by atoms with E-state index in [4.69, 9.17) is 20.6 Å². The van der Waals surface area contributed by atoms with Crippen LogP contribution in [0.1, 0.15) is 47.6 Å². The lowest BCUT2D eigenvalue weighted by atomic mass is 10.1. The molecule has 0 radical (unpaired) electrons. The number of carbonyl (C=O) groups is 2. The molecule has 0 aliphatic heterocycles. The van der Waals surface area contributed by atoms with Crippen molar-refractivity contribution in [2.45, 2.75) is 38.8 Å². The summed E-state index contributed by atoms with van der Waals surface area (Å²) >= 11 is 0. The van der Waals surface area contributed by atoms with Crippen molar-refractivity contribution in [2.24, 2.45) is 17.4 Å². The van der Waals surface area contributed by atoms with Gasteiger partial charge < -0.3 is 30.7 Å². The number of nitrogens with two attached hydrogens (primary N) is 2. The van der Waals surface area contributed by atoms with Crippen LogP contribution in [0.15, 0.2) is 46.9 Å². The van der Waals surface area contributed by atoms with Gasteiger partial charge in [0.1, 0.15) is 0 Å². The zero-order valence-electron chi connectivity index (χ0n) is 19.5. The van der Waals surface area contributed by atoms with Crippen molar-refractivity contribution in [2.75, 3.05) is 11.9 Å². The summed E-state index contributed by atoms with van der Waals surface area (Å²) in [6.45, 7) is -0.986. The Morgan fingerprint density at radius 2 is 1.89 bits per heavy atom. The summed E-state index contributed by atoms with van der Waals surface area (Å²) in [6.07, 6.45) is 2.13. The van der Waals surface area contributed by atoms with Crippen LogP contribution < -0.4 is 26.3 Å². The molecule has 0 spiro atoms. The molecule has 0 saturated heterocycles. The number of hydrogen-bond acceptors (Lipinski definition) is 7. The van der Waals surface area contributed by atoms with Crippen LogP contribution in [0.25, 0.3) is 11.5 Å². The highest BCUT2D eigenvalue weighted by atomic mass is 19.3. The number of amides is 2. The highest BCUT2D eigenvalue weighted by Crippen LogP contribution is 2.37. The summed E-state index contributed by atoms with van der Waals surface area (Å²) in [6, 6.07) is 10.3. The number of halogens is 2. The normalized spacial score (nSPS) is 13.9. The van der Waals surface area contributed by atoms with E-state index in [0.717, 1.165) is 12.8 Å². The smallest absolute Gasteiger partial charge is 0.387 e. The number of nitrogens with zero attached hydrogens (tertiary/aromatic N) is 1. The first kappa shape index (κ1) is 25.1. The van der Waals surface area contributed by atoms with Gasteiger partial charge >= 0.3 is 6.61 Å². The Hall–Kier alpha value is -3.99. The molecular formula is C25H26F2N4O5. The predicted molar refractivity (Wildman–Crippen MR) is 127 cm³/mol. The second-order valence-electron chi connectivity index (χ2n) is 8.61. The lowest BCUT2D eigenvalue weighted by Gasteiger charge is -2.12. The molecular weight excluding hydrogens is 474 g/mol. The van der Waals surface area contributed by atoms with E-state index in [9.17, 15) is 18.4 Å². The molecule has 1 saturated carbocycles.